The minimum atomic E-state index is -1.23. The zero-order valence-corrected chi connectivity index (χ0v) is 11.3. The van der Waals surface area contributed by atoms with Gasteiger partial charge in [-0.2, -0.15) is 5.06 Å². The summed E-state index contributed by atoms with van der Waals surface area (Å²) >= 11 is 0. The Hall–Kier alpha value is 0.130. The largest absolute Gasteiger partial charge is 1.00 e. The molecule has 4 nitrogen and oxygen atoms in total. The molecule has 5 heteroatoms. The number of carbonyl (C=O) groups excluding carboxylic acids is 1. The number of nitrogens with zero attached hydrogens (tertiary/aromatic N) is 1. The molecule has 0 unspecified atom stereocenters. The molecule has 1 N–H and O–H groups in total. The molecule has 1 heterocycles. The summed E-state index contributed by atoms with van der Waals surface area (Å²) < 4.78 is 0. The molecule has 1 aliphatic rings. The topological polar surface area (TPSA) is 63.6 Å². The molecule has 0 atom stereocenters. The molecular formula is C9H14NNaO3. The predicted molar refractivity (Wildman–Crippen MR) is 44.9 cm³/mol. The first-order chi connectivity index (χ1) is 5.69. The van der Waals surface area contributed by atoms with E-state index in [1.54, 1.807) is 27.7 Å². The van der Waals surface area contributed by atoms with Crippen LogP contribution in [0.5, 0.6) is 0 Å². The number of carbonyl (C=O) groups is 1. The van der Waals surface area contributed by atoms with Gasteiger partial charge < -0.3 is 15.1 Å². The Kier molecular flexibility index (Phi) is 3.98. The van der Waals surface area contributed by atoms with E-state index in [9.17, 15) is 15.1 Å². The number of hydroxylamine groups is 2. The SMILES string of the molecule is CC1(C)C=C(C(=O)[O-])C(C)(C)N1O.[Na+]. The molecule has 0 aliphatic carbocycles. The first-order valence-corrected chi connectivity index (χ1v) is 4.13. The monoisotopic (exact) mass is 207 g/mol. The zero-order valence-electron chi connectivity index (χ0n) is 9.29. The van der Waals surface area contributed by atoms with Crippen LogP contribution in [0.3, 0.4) is 0 Å². The summed E-state index contributed by atoms with van der Waals surface area (Å²) in [6.07, 6.45) is 1.52. The summed E-state index contributed by atoms with van der Waals surface area (Å²) in [5.74, 6) is -1.23. The molecule has 0 aromatic rings. The fraction of sp³-hybridized carbons (Fsp3) is 0.667. The third-order valence-corrected chi connectivity index (χ3v) is 2.45. The average Bonchev–Trinajstić information content (AvgIpc) is 2.11. The van der Waals surface area contributed by atoms with Crippen molar-refractivity contribution >= 4 is 5.97 Å². The fourth-order valence-electron chi connectivity index (χ4n) is 1.73. The quantitative estimate of drug-likeness (QED) is 0.463. The Balaban J connectivity index is 0.00000169. The number of hydrogen-bond acceptors (Lipinski definition) is 4. The van der Waals surface area contributed by atoms with Crippen LogP contribution in [0.25, 0.3) is 0 Å². The minimum absolute atomic E-state index is 0. The van der Waals surface area contributed by atoms with E-state index in [1.807, 2.05) is 0 Å². The van der Waals surface area contributed by atoms with Gasteiger partial charge in [-0.05, 0) is 33.3 Å². The Morgan fingerprint density at radius 2 is 1.86 bits per heavy atom. The van der Waals surface area contributed by atoms with E-state index in [2.05, 4.69) is 0 Å². The third kappa shape index (κ3) is 2.04. The van der Waals surface area contributed by atoms with Crippen molar-refractivity contribution < 1.29 is 44.7 Å². The summed E-state index contributed by atoms with van der Waals surface area (Å²) in [6.45, 7) is 6.77. The molecule has 0 radical (unpaired) electrons. The van der Waals surface area contributed by atoms with Crippen molar-refractivity contribution in [2.45, 2.75) is 38.8 Å². The van der Waals surface area contributed by atoms with Crippen LogP contribution in [0.1, 0.15) is 27.7 Å². The third-order valence-electron chi connectivity index (χ3n) is 2.45. The van der Waals surface area contributed by atoms with E-state index in [0.29, 0.717) is 0 Å². The molecule has 1 aliphatic heterocycles. The predicted octanol–water partition coefficient (Wildman–Crippen LogP) is -3.07. The van der Waals surface area contributed by atoms with E-state index in [4.69, 9.17) is 0 Å². The molecule has 0 fully saturated rings. The summed E-state index contributed by atoms with van der Waals surface area (Å²) in [6, 6.07) is 0. The van der Waals surface area contributed by atoms with Gasteiger partial charge in [0.25, 0.3) is 0 Å². The van der Waals surface area contributed by atoms with Crippen LogP contribution < -0.4 is 34.7 Å². The number of aliphatic carboxylic acids is 1. The molecule has 0 saturated heterocycles. The Bertz CT molecular complexity index is 284. The van der Waals surface area contributed by atoms with Crippen LogP contribution in [0.15, 0.2) is 11.6 Å². The van der Waals surface area contributed by atoms with Crippen molar-refractivity contribution in [1.82, 2.24) is 5.06 Å². The van der Waals surface area contributed by atoms with Gasteiger partial charge in [0.15, 0.2) is 0 Å². The molecule has 0 amide bonds. The van der Waals surface area contributed by atoms with Gasteiger partial charge >= 0.3 is 29.6 Å². The molecular weight excluding hydrogens is 193 g/mol. The van der Waals surface area contributed by atoms with E-state index >= 15 is 0 Å². The van der Waals surface area contributed by atoms with Gasteiger partial charge in [-0.3, -0.25) is 0 Å². The van der Waals surface area contributed by atoms with Crippen molar-refractivity contribution in [1.29, 1.82) is 0 Å². The molecule has 0 aromatic carbocycles. The fourth-order valence-corrected chi connectivity index (χ4v) is 1.73. The summed E-state index contributed by atoms with van der Waals surface area (Å²) in [5.41, 5.74) is -1.42. The maximum atomic E-state index is 10.7. The van der Waals surface area contributed by atoms with Gasteiger partial charge in [0.05, 0.1) is 17.0 Å². The van der Waals surface area contributed by atoms with Gasteiger partial charge in [-0.1, -0.05) is 6.08 Å². The Morgan fingerprint density at radius 1 is 1.43 bits per heavy atom. The standard InChI is InChI=1S/C9H15NO3.Na/c1-8(2)5-6(7(11)12)9(3,4)10(8)13;/h5,13H,1-4H3,(H,11,12);/q;+1/p-1. The number of rotatable bonds is 1. The van der Waals surface area contributed by atoms with Gasteiger partial charge in [0, 0.05) is 0 Å². The number of carboxylic acid groups (broad SMARTS) is 1. The maximum Gasteiger partial charge on any atom is 1.00 e. The van der Waals surface area contributed by atoms with E-state index in [0.717, 1.165) is 5.06 Å². The van der Waals surface area contributed by atoms with Crippen LogP contribution in [-0.2, 0) is 4.79 Å². The smallest absolute Gasteiger partial charge is 0.545 e. The number of carboxylic acids is 1. The Labute approximate surface area is 106 Å². The summed E-state index contributed by atoms with van der Waals surface area (Å²) in [5, 5.41) is 21.5. The molecule has 0 bridgehead atoms. The molecule has 14 heavy (non-hydrogen) atoms. The van der Waals surface area contributed by atoms with Crippen molar-refractivity contribution in [3.63, 3.8) is 0 Å². The molecule has 0 aromatic heterocycles. The van der Waals surface area contributed by atoms with E-state index in [-0.39, 0.29) is 35.1 Å². The van der Waals surface area contributed by atoms with Gasteiger partial charge in [0.1, 0.15) is 0 Å². The second-order valence-corrected chi connectivity index (χ2v) is 4.37. The normalized spacial score (nSPS) is 23.9. The second kappa shape index (κ2) is 3.94. The zero-order chi connectivity index (χ0) is 10.4. The first kappa shape index (κ1) is 14.1. The van der Waals surface area contributed by atoms with E-state index in [1.165, 1.54) is 6.08 Å². The van der Waals surface area contributed by atoms with Crippen LogP contribution in [0.4, 0.5) is 0 Å². The first-order valence-electron chi connectivity index (χ1n) is 4.13. The molecule has 1 rings (SSSR count). The van der Waals surface area contributed by atoms with Gasteiger partial charge in [0.2, 0.25) is 0 Å². The van der Waals surface area contributed by atoms with Gasteiger partial charge in [-0.15, -0.1) is 0 Å². The van der Waals surface area contributed by atoms with Crippen molar-refractivity contribution in [3.05, 3.63) is 11.6 Å². The van der Waals surface area contributed by atoms with Gasteiger partial charge in [-0.25, -0.2) is 0 Å². The molecule has 74 valence electrons. The minimum Gasteiger partial charge on any atom is -0.545 e. The Morgan fingerprint density at radius 3 is 2.00 bits per heavy atom. The van der Waals surface area contributed by atoms with E-state index < -0.39 is 17.0 Å². The van der Waals surface area contributed by atoms with Crippen molar-refractivity contribution in [3.8, 4) is 0 Å². The maximum absolute atomic E-state index is 10.7. The van der Waals surface area contributed by atoms with Crippen LogP contribution >= 0.6 is 0 Å². The van der Waals surface area contributed by atoms with Crippen molar-refractivity contribution in [2.75, 3.05) is 0 Å². The van der Waals surface area contributed by atoms with Crippen LogP contribution in [0.2, 0.25) is 0 Å². The second-order valence-electron chi connectivity index (χ2n) is 4.37. The molecule has 0 saturated carbocycles. The number of hydrogen-bond donors (Lipinski definition) is 1. The summed E-state index contributed by atoms with van der Waals surface area (Å²) in [7, 11) is 0. The van der Waals surface area contributed by atoms with Crippen LogP contribution in [-0.4, -0.2) is 27.3 Å². The van der Waals surface area contributed by atoms with Crippen molar-refractivity contribution in [2.24, 2.45) is 0 Å². The van der Waals surface area contributed by atoms with Crippen LogP contribution in [0, 0.1) is 0 Å². The molecule has 0 spiro atoms. The average molecular weight is 207 g/mol. The summed E-state index contributed by atoms with van der Waals surface area (Å²) in [4.78, 5) is 10.7.